The average molecular weight is 255 g/mol. The van der Waals surface area contributed by atoms with Gasteiger partial charge in [-0.3, -0.25) is 14.9 Å². The monoisotopic (exact) mass is 255 g/mol. The van der Waals surface area contributed by atoms with E-state index >= 15 is 0 Å². The fourth-order valence-corrected chi connectivity index (χ4v) is 1.23. The zero-order valence-electron chi connectivity index (χ0n) is 10.2. The molecule has 0 N–H and O–H groups in total. The summed E-state index contributed by atoms with van der Waals surface area (Å²) in [6.45, 7) is 3.30. The van der Waals surface area contributed by atoms with Crippen LogP contribution < -0.4 is 0 Å². The third-order valence-corrected chi connectivity index (χ3v) is 2.19. The maximum atomic E-state index is 10.9. The van der Waals surface area contributed by atoms with Crippen molar-refractivity contribution >= 4 is 11.9 Å². The molecule has 0 spiro atoms. The van der Waals surface area contributed by atoms with E-state index in [2.05, 4.69) is 6.58 Å². The zero-order valence-corrected chi connectivity index (χ0v) is 10.2. The van der Waals surface area contributed by atoms with E-state index in [1.165, 1.54) is 24.3 Å². The van der Waals surface area contributed by atoms with Gasteiger partial charge in [0.15, 0.2) is 5.78 Å². The second-order valence-corrected chi connectivity index (χ2v) is 3.56. The van der Waals surface area contributed by atoms with Gasteiger partial charge in [0.2, 0.25) is 0 Å². The summed E-state index contributed by atoms with van der Waals surface area (Å²) in [5.74, 6) is -0.300. The lowest BCUT2D eigenvalue weighted by molar-refractivity contribution is -0.418. The van der Waals surface area contributed by atoms with E-state index in [1.54, 1.807) is 6.08 Å². The zero-order chi connectivity index (χ0) is 14.1. The fraction of sp³-hybridized carbons (Fsp3) is 0. The fourth-order valence-electron chi connectivity index (χ4n) is 1.23. The highest BCUT2D eigenvalue weighted by Crippen LogP contribution is 2.06. The molecule has 4 heteroatoms. The van der Waals surface area contributed by atoms with Crippen molar-refractivity contribution in [1.82, 2.24) is 0 Å². The minimum atomic E-state index is -0.512. The molecule has 96 valence electrons. The summed E-state index contributed by atoms with van der Waals surface area (Å²) in [6, 6.07) is 9.23. The van der Waals surface area contributed by atoms with Gasteiger partial charge >= 0.3 is 0 Å². The minimum absolute atomic E-state index is 0.100. The number of carbonyl (C=O) groups is 1. The molecule has 0 heterocycles. The number of carbonyl (C=O) groups excluding carboxylic acids is 1. The van der Waals surface area contributed by atoms with E-state index in [0.29, 0.717) is 0 Å². The number of allylic oxidation sites excluding steroid dienone is 5. The maximum Gasteiger partial charge on any atom is 0.269 e. The average Bonchev–Trinajstić information content (AvgIpc) is 2.43. The summed E-state index contributed by atoms with van der Waals surface area (Å²) in [6.07, 6.45) is 7.97. The normalized spacial score (nSPS) is 11.9. The molecule has 0 amide bonds. The smallest absolute Gasteiger partial charge is 0.269 e. The van der Waals surface area contributed by atoms with Crippen LogP contribution in [0.1, 0.15) is 5.56 Å². The van der Waals surface area contributed by atoms with Crippen LogP contribution in [0.4, 0.5) is 0 Å². The quantitative estimate of drug-likeness (QED) is 0.339. The number of nitro groups is 1. The van der Waals surface area contributed by atoms with Gasteiger partial charge in [0, 0.05) is 12.2 Å². The predicted octanol–water partition coefficient (Wildman–Crippen LogP) is 3.17. The first-order valence-corrected chi connectivity index (χ1v) is 5.56. The first-order valence-electron chi connectivity index (χ1n) is 5.56. The van der Waals surface area contributed by atoms with Crippen molar-refractivity contribution < 1.29 is 9.72 Å². The Balaban J connectivity index is 2.84. The molecule has 0 atom stereocenters. The molecule has 1 aromatic carbocycles. The third kappa shape index (κ3) is 5.41. The molecule has 0 saturated heterocycles. The largest absolute Gasteiger partial charge is 0.290 e. The van der Waals surface area contributed by atoms with Gasteiger partial charge in [-0.15, -0.1) is 0 Å². The Kier molecular flexibility index (Phi) is 5.69. The molecule has 0 bridgehead atoms. The Labute approximate surface area is 111 Å². The van der Waals surface area contributed by atoms with Crippen LogP contribution >= 0.6 is 0 Å². The van der Waals surface area contributed by atoms with Crippen molar-refractivity contribution in [3.8, 4) is 0 Å². The summed E-state index contributed by atoms with van der Waals surface area (Å²) >= 11 is 0. The van der Waals surface area contributed by atoms with Crippen LogP contribution in [-0.2, 0) is 4.79 Å². The van der Waals surface area contributed by atoms with Crippen LogP contribution in [0.25, 0.3) is 6.08 Å². The Morgan fingerprint density at radius 1 is 1.21 bits per heavy atom. The van der Waals surface area contributed by atoms with E-state index in [0.717, 1.165) is 11.6 Å². The second-order valence-electron chi connectivity index (χ2n) is 3.56. The highest BCUT2D eigenvalue weighted by molar-refractivity contribution is 5.98. The summed E-state index contributed by atoms with van der Waals surface area (Å²) in [7, 11) is 0. The lowest BCUT2D eigenvalue weighted by Gasteiger charge is -1.91. The van der Waals surface area contributed by atoms with Crippen molar-refractivity contribution in [2.45, 2.75) is 0 Å². The number of rotatable bonds is 6. The third-order valence-electron chi connectivity index (χ3n) is 2.19. The topological polar surface area (TPSA) is 60.2 Å². The molecule has 19 heavy (non-hydrogen) atoms. The maximum absolute atomic E-state index is 10.9. The summed E-state index contributed by atoms with van der Waals surface area (Å²) in [5.41, 5.74) is 0.762. The molecule has 1 aromatic rings. The van der Waals surface area contributed by atoms with Gasteiger partial charge in [0.05, 0.1) is 4.92 Å². The van der Waals surface area contributed by atoms with Gasteiger partial charge in [0.25, 0.3) is 5.70 Å². The molecule has 0 unspecified atom stereocenters. The SMILES string of the molecule is C=CC(=O)C=CC=C(C=Cc1ccccc1)[N+](=O)[O-]. The van der Waals surface area contributed by atoms with Gasteiger partial charge in [-0.1, -0.05) is 43.0 Å². The molecule has 1 rings (SSSR count). The van der Waals surface area contributed by atoms with E-state index < -0.39 is 4.92 Å². The lowest BCUT2D eigenvalue weighted by atomic mass is 10.2. The van der Waals surface area contributed by atoms with Crippen molar-refractivity contribution in [3.63, 3.8) is 0 Å². The highest BCUT2D eigenvalue weighted by atomic mass is 16.6. The summed E-state index contributed by atoms with van der Waals surface area (Å²) in [5, 5.41) is 10.8. The summed E-state index contributed by atoms with van der Waals surface area (Å²) < 4.78 is 0. The molecule has 4 nitrogen and oxygen atoms in total. The first kappa shape index (κ1) is 14.3. The molecule has 0 aliphatic carbocycles. The van der Waals surface area contributed by atoms with E-state index in [-0.39, 0.29) is 11.5 Å². The molecule has 0 saturated carbocycles. The molecule has 0 aliphatic rings. The lowest BCUT2D eigenvalue weighted by Crippen LogP contribution is -1.94. The minimum Gasteiger partial charge on any atom is -0.290 e. The van der Waals surface area contributed by atoms with Gasteiger partial charge in [-0.25, -0.2) is 0 Å². The van der Waals surface area contributed by atoms with Crippen molar-refractivity contribution in [3.05, 3.63) is 88.7 Å². The molecule has 0 aliphatic heterocycles. The first-order chi connectivity index (χ1) is 9.13. The van der Waals surface area contributed by atoms with Crippen LogP contribution in [0.15, 0.2) is 73.0 Å². The van der Waals surface area contributed by atoms with Crippen molar-refractivity contribution in [2.75, 3.05) is 0 Å². The number of benzene rings is 1. The van der Waals surface area contributed by atoms with E-state index in [4.69, 9.17) is 0 Å². The van der Waals surface area contributed by atoms with Crippen LogP contribution in [0.2, 0.25) is 0 Å². The van der Waals surface area contributed by atoms with Crippen molar-refractivity contribution in [1.29, 1.82) is 0 Å². The van der Waals surface area contributed by atoms with Crippen LogP contribution in [0, 0.1) is 10.1 Å². The Bertz CT molecular complexity index is 554. The summed E-state index contributed by atoms with van der Waals surface area (Å²) in [4.78, 5) is 21.2. The number of hydrogen-bond donors (Lipinski definition) is 0. The number of hydrogen-bond acceptors (Lipinski definition) is 3. The standard InChI is InChI=1S/C15H13NO3/c1-2-15(17)10-6-9-14(16(18)19)12-11-13-7-4-3-5-8-13/h2-12H,1H2. The molecule has 0 fully saturated rings. The molecule has 0 radical (unpaired) electrons. The van der Waals surface area contributed by atoms with Gasteiger partial charge in [0.1, 0.15) is 0 Å². The predicted molar refractivity (Wildman–Crippen MR) is 74.9 cm³/mol. The van der Waals surface area contributed by atoms with Crippen LogP contribution in [-0.4, -0.2) is 10.7 Å². The molecular formula is C15H13NO3. The van der Waals surface area contributed by atoms with Crippen LogP contribution in [0.3, 0.4) is 0 Å². The molecule has 0 aromatic heterocycles. The number of nitrogens with zero attached hydrogens (tertiary/aromatic N) is 1. The van der Waals surface area contributed by atoms with Gasteiger partial charge < -0.3 is 0 Å². The number of ketones is 1. The van der Waals surface area contributed by atoms with Crippen molar-refractivity contribution in [2.24, 2.45) is 0 Å². The highest BCUT2D eigenvalue weighted by Gasteiger charge is 2.03. The Morgan fingerprint density at radius 2 is 1.89 bits per heavy atom. The Hall–Kier alpha value is -2.75. The Morgan fingerprint density at radius 3 is 2.47 bits per heavy atom. The second kappa shape index (κ2) is 7.55. The van der Waals surface area contributed by atoms with E-state index in [1.807, 2.05) is 30.3 Å². The van der Waals surface area contributed by atoms with Gasteiger partial charge in [-0.2, -0.15) is 0 Å². The molecular weight excluding hydrogens is 242 g/mol. The van der Waals surface area contributed by atoms with E-state index in [9.17, 15) is 14.9 Å². The van der Waals surface area contributed by atoms with Crippen LogP contribution in [0.5, 0.6) is 0 Å². The van der Waals surface area contributed by atoms with Gasteiger partial charge in [-0.05, 0) is 23.8 Å².